The van der Waals surface area contributed by atoms with E-state index in [2.05, 4.69) is 31.1 Å². The number of benzene rings is 1. The molecule has 0 saturated carbocycles. The lowest BCUT2D eigenvalue weighted by Crippen LogP contribution is -1.98. The summed E-state index contributed by atoms with van der Waals surface area (Å²) in [5, 5.41) is 8.94. The maximum atomic E-state index is 4.73. The minimum atomic E-state index is 0.995. The first-order chi connectivity index (χ1) is 9.16. The third-order valence-electron chi connectivity index (χ3n) is 3.39. The van der Waals surface area contributed by atoms with Crippen molar-refractivity contribution in [3.63, 3.8) is 0 Å². The number of rotatable bonds is 2. The summed E-state index contributed by atoms with van der Waals surface area (Å²) in [4.78, 5) is 0. The van der Waals surface area contributed by atoms with Crippen LogP contribution in [0.1, 0.15) is 11.3 Å². The Morgan fingerprint density at radius 1 is 1.05 bits per heavy atom. The maximum absolute atomic E-state index is 4.73. The minimum Gasteiger partial charge on any atom is -0.275 e. The number of nitrogens with zero attached hydrogens (tertiary/aromatic N) is 4. The van der Waals surface area contributed by atoms with E-state index in [9.17, 15) is 0 Å². The summed E-state index contributed by atoms with van der Waals surface area (Å²) in [5.41, 5.74) is 5.48. The molecule has 4 nitrogen and oxygen atoms in total. The zero-order chi connectivity index (χ0) is 13.4. The second-order valence-corrected chi connectivity index (χ2v) is 4.71. The van der Waals surface area contributed by atoms with Crippen molar-refractivity contribution >= 4 is 0 Å². The van der Waals surface area contributed by atoms with E-state index in [1.54, 1.807) is 4.68 Å². The Kier molecular flexibility index (Phi) is 2.71. The summed E-state index contributed by atoms with van der Waals surface area (Å²) < 4.78 is 3.78. The van der Waals surface area contributed by atoms with E-state index in [1.165, 1.54) is 5.56 Å². The molecule has 0 aliphatic rings. The highest BCUT2D eigenvalue weighted by atomic mass is 15.3. The quantitative estimate of drug-likeness (QED) is 0.703. The largest absolute Gasteiger partial charge is 0.275 e. The first kappa shape index (κ1) is 11.7. The molecule has 0 bridgehead atoms. The van der Waals surface area contributed by atoms with Crippen molar-refractivity contribution in [3.05, 3.63) is 54.0 Å². The molecular formula is C15H16N4. The molecule has 0 atom stereocenters. The predicted octanol–water partition coefficient (Wildman–Crippen LogP) is 2.89. The van der Waals surface area contributed by atoms with Crippen molar-refractivity contribution in [1.29, 1.82) is 0 Å². The molecule has 2 aromatic heterocycles. The monoisotopic (exact) mass is 252 g/mol. The van der Waals surface area contributed by atoms with Crippen LogP contribution in [0.5, 0.6) is 0 Å². The summed E-state index contributed by atoms with van der Waals surface area (Å²) in [6.45, 7) is 4.19. The van der Waals surface area contributed by atoms with Crippen LogP contribution in [0.25, 0.3) is 16.9 Å². The van der Waals surface area contributed by atoms with E-state index in [4.69, 9.17) is 5.10 Å². The van der Waals surface area contributed by atoms with Gasteiger partial charge in [0.05, 0.1) is 17.6 Å². The van der Waals surface area contributed by atoms with Gasteiger partial charge in [0.2, 0.25) is 0 Å². The van der Waals surface area contributed by atoms with E-state index in [0.717, 1.165) is 22.6 Å². The highest BCUT2D eigenvalue weighted by Gasteiger charge is 2.14. The Labute approximate surface area is 112 Å². The van der Waals surface area contributed by atoms with Crippen LogP contribution in [0.3, 0.4) is 0 Å². The van der Waals surface area contributed by atoms with Gasteiger partial charge in [-0.05, 0) is 31.5 Å². The number of hydrogen-bond donors (Lipinski definition) is 0. The van der Waals surface area contributed by atoms with Gasteiger partial charge in [-0.3, -0.25) is 4.68 Å². The predicted molar refractivity (Wildman–Crippen MR) is 75.2 cm³/mol. The summed E-state index contributed by atoms with van der Waals surface area (Å²) in [6, 6.07) is 10.2. The fourth-order valence-electron chi connectivity index (χ4n) is 2.22. The standard InChI is InChI=1S/C15H16N4/c1-11-12(2)19(14-7-5-4-6-8-14)17-15(11)13-9-16-18(3)10-13/h4-10H,1-3H3. The number of para-hydroxylation sites is 1. The van der Waals surface area contributed by atoms with E-state index in [1.807, 2.05) is 42.3 Å². The van der Waals surface area contributed by atoms with Gasteiger partial charge in [-0.1, -0.05) is 18.2 Å². The minimum absolute atomic E-state index is 0.995. The molecule has 0 fully saturated rings. The van der Waals surface area contributed by atoms with Crippen LogP contribution in [0, 0.1) is 13.8 Å². The van der Waals surface area contributed by atoms with Gasteiger partial charge >= 0.3 is 0 Å². The van der Waals surface area contributed by atoms with Gasteiger partial charge in [0.1, 0.15) is 0 Å². The van der Waals surface area contributed by atoms with Gasteiger partial charge in [0.15, 0.2) is 0 Å². The second-order valence-electron chi connectivity index (χ2n) is 4.71. The van der Waals surface area contributed by atoms with Gasteiger partial charge in [-0.25, -0.2) is 4.68 Å². The zero-order valence-electron chi connectivity index (χ0n) is 11.3. The maximum Gasteiger partial charge on any atom is 0.0991 e. The van der Waals surface area contributed by atoms with Gasteiger partial charge in [0.25, 0.3) is 0 Å². The normalized spacial score (nSPS) is 10.9. The summed E-state index contributed by atoms with van der Waals surface area (Å²) in [7, 11) is 1.92. The van der Waals surface area contributed by atoms with Crippen molar-refractivity contribution in [2.45, 2.75) is 13.8 Å². The first-order valence-electron chi connectivity index (χ1n) is 6.27. The molecule has 96 valence electrons. The molecule has 1 aromatic carbocycles. The van der Waals surface area contributed by atoms with Gasteiger partial charge < -0.3 is 0 Å². The van der Waals surface area contributed by atoms with Gasteiger partial charge in [0, 0.05) is 24.5 Å². The molecule has 0 aliphatic heterocycles. The average molecular weight is 252 g/mol. The van der Waals surface area contributed by atoms with Crippen molar-refractivity contribution in [2.24, 2.45) is 7.05 Å². The van der Waals surface area contributed by atoms with E-state index >= 15 is 0 Å². The van der Waals surface area contributed by atoms with E-state index in [-0.39, 0.29) is 0 Å². The Balaban J connectivity index is 2.15. The molecule has 3 rings (SSSR count). The van der Waals surface area contributed by atoms with Gasteiger partial charge in [-0.2, -0.15) is 10.2 Å². The van der Waals surface area contributed by atoms with Crippen molar-refractivity contribution in [1.82, 2.24) is 19.6 Å². The fourth-order valence-corrected chi connectivity index (χ4v) is 2.22. The lowest BCUT2D eigenvalue weighted by molar-refractivity contribution is 0.768. The molecule has 0 amide bonds. The fraction of sp³-hybridized carbons (Fsp3) is 0.200. The topological polar surface area (TPSA) is 35.6 Å². The Hall–Kier alpha value is -2.36. The lowest BCUT2D eigenvalue weighted by atomic mass is 10.1. The van der Waals surface area contributed by atoms with Crippen molar-refractivity contribution in [2.75, 3.05) is 0 Å². The molecule has 0 saturated heterocycles. The second kappa shape index (κ2) is 4.39. The molecule has 19 heavy (non-hydrogen) atoms. The number of aryl methyl sites for hydroxylation is 1. The van der Waals surface area contributed by atoms with Crippen LogP contribution < -0.4 is 0 Å². The molecule has 0 radical (unpaired) electrons. The molecule has 0 aliphatic carbocycles. The number of hydrogen-bond acceptors (Lipinski definition) is 2. The van der Waals surface area contributed by atoms with E-state index < -0.39 is 0 Å². The summed E-state index contributed by atoms with van der Waals surface area (Å²) in [5.74, 6) is 0. The first-order valence-corrected chi connectivity index (χ1v) is 6.27. The molecule has 0 N–H and O–H groups in total. The Bertz CT molecular complexity index is 707. The third kappa shape index (κ3) is 1.95. The highest BCUT2D eigenvalue weighted by molar-refractivity contribution is 5.63. The molecule has 4 heteroatoms. The molecule has 3 aromatic rings. The zero-order valence-corrected chi connectivity index (χ0v) is 11.3. The van der Waals surface area contributed by atoms with E-state index in [0.29, 0.717) is 0 Å². The molecule has 0 spiro atoms. The Morgan fingerprint density at radius 3 is 2.42 bits per heavy atom. The van der Waals surface area contributed by atoms with Crippen LogP contribution in [-0.2, 0) is 7.05 Å². The third-order valence-corrected chi connectivity index (χ3v) is 3.39. The van der Waals surface area contributed by atoms with Crippen molar-refractivity contribution in [3.8, 4) is 16.9 Å². The molecule has 2 heterocycles. The average Bonchev–Trinajstić information content (AvgIpc) is 2.97. The van der Waals surface area contributed by atoms with Gasteiger partial charge in [-0.15, -0.1) is 0 Å². The lowest BCUT2D eigenvalue weighted by Gasteiger charge is -2.03. The summed E-state index contributed by atoms with van der Waals surface area (Å²) in [6.07, 6.45) is 3.84. The highest BCUT2D eigenvalue weighted by Crippen LogP contribution is 2.25. The van der Waals surface area contributed by atoms with Crippen molar-refractivity contribution < 1.29 is 0 Å². The number of aromatic nitrogens is 4. The smallest absolute Gasteiger partial charge is 0.0991 e. The van der Waals surface area contributed by atoms with Crippen LogP contribution in [0.4, 0.5) is 0 Å². The Morgan fingerprint density at radius 2 is 1.79 bits per heavy atom. The van der Waals surface area contributed by atoms with Crippen LogP contribution in [0.15, 0.2) is 42.7 Å². The molecule has 0 unspecified atom stereocenters. The molecular weight excluding hydrogens is 236 g/mol. The summed E-state index contributed by atoms with van der Waals surface area (Å²) >= 11 is 0. The SMILES string of the molecule is Cc1c(-c2cnn(C)c2)nn(-c2ccccc2)c1C. The van der Waals surface area contributed by atoms with Crippen LogP contribution in [0.2, 0.25) is 0 Å². The van der Waals surface area contributed by atoms with Crippen LogP contribution >= 0.6 is 0 Å². The van der Waals surface area contributed by atoms with Crippen LogP contribution in [-0.4, -0.2) is 19.6 Å².